The Morgan fingerprint density at radius 1 is 1.77 bits per heavy atom. The molecule has 0 saturated carbocycles. The van der Waals surface area contributed by atoms with Gasteiger partial charge in [0.05, 0.1) is 4.88 Å². The molecule has 0 aliphatic heterocycles. The molecule has 0 bridgehead atoms. The zero-order valence-corrected chi connectivity index (χ0v) is 9.15. The van der Waals surface area contributed by atoms with Crippen molar-refractivity contribution in [3.63, 3.8) is 0 Å². The fourth-order valence-electron chi connectivity index (χ4n) is 1.02. The topological polar surface area (TPSA) is 49.3 Å². The molecule has 0 aliphatic rings. The average molecular weight is 218 g/mol. The van der Waals surface area contributed by atoms with E-state index in [4.69, 9.17) is 4.89 Å². The zero-order chi connectivity index (χ0) is 9.68. The van der Waals surface area contributed by atoms with E-state index in [2.05, 4.69) is 5.32 Å². The molecule has 1 aromatic heterocycles. The van der Waals surface area contributed by atoms with Gasteiger partial charge >= 0.3 is 8.03 Å². The first-order valence-corrected chi connectivity index (χ1v) is 6.34. The summed E-state index contributed by atoms with van der Waals surface area (Å²) in [6.07, 6.45) is 0.963. The molecular formula is C8H13NO2PS+. The number of hydrogen-bond acceptors (Lipinski definition) is 3. The first-order chi connectivity index (χ1) is 6.25. The third-order valence-electron chi connectivity index (χ3n) is 1.62. The SMILES string of the molecule is CCCNC(c1cccs1)[P+](=O)O. The van der Waals surface area contributed by atoms with Gasteiger partial charge in [-0.25, -0.2) is 0 Å². The fourth-order valence-corrected chi connectivity index (χ4v) is 2.74. The molecule has 0 amide bonds. The molecule has 5 heteroatoms. The number of rotatable bonds is 5. The van der Waals surface area contributed by atoms with E-state index in [1.165, 1.54) is 11.3 Å². The van der Waals surface area contributed by atoms with Crippen LogP contribution in [0.3, 0.4) is 0 Å². The Hall–Kier alpha value is -0.280. The average Bonchev–Trinajstić information content (AvgIpc) is 2.57. The molecule has 1 heterocycles. The quantitative estimate of drug-likeness (QED) is 0.746. The van der Waals surface area contributed by atoms with Gasteiger partial charge in [0, 0.05) is 0 Å². The van der Waals surface area contributed by atoms with Crippen LogP contribution in [0.2, 0.25) is 0 Å². The molecule has 2 N–H and O–H groups in total. The van der Waals surface area contributed by atoms with Gasteiger partial charge in [0.1, 0.15) is 0 Å². The van der Waals surface area contributed by atoms with Crippen LogP contribution in [-0.2, 0) is 4.57 Å². The first kappa shape index (κ1) is 10.8. The van der Waals surface area contributed by atoms with Crippen LogP contribution in [0.4, 0.5) is 0 Å². The molecule has 0 spiro atoms. The molecule has 0 saturated heterocycles. The summed E-state index contributed by atoms with van der Waals surface area (Å²) in [6.45, 7) is 2.80. The summed E-state index contributed by atoms with van der Waals surface area (Å²) in [7, 11) is -2.18. The van der Waals surface area contributed by atoms with Crippen molar-refractivity contribution >= 4 is 19.4 Å². The minimum atomic E-state index is -2.18. The number of nitrogens with one attached hydrogen (secondary N) is 1. The summed E-state index contributed by atoms with van der Waals surface area (Å²) in [5.41, 5.74) is 0. The van der Waals surface area contributed by atoms with Crippen LogP contribution in [0.15, 0.2) is 17.5 Å². The summed E-state index contributed by atoms with van der Waals surface area (Å²) in [6, 6.07) is 3.76. The fraction of sp³-hybridized carbons (Fsp3) is 0.500. The van der Waals surface area contributed by atoms with E-state index in [1.54, 1.807) is 0 Å². The maximum Gasteiger partial charge on any atom is 0.530 e. The Morgan fingerprint density at radius 3 is 3.00 bits per heavy atom. The van der Waals surface area contributed by atoms with Crippen molar-refractivity contribution in [2.24, 2.45) is 0 Å². The first-order valence-electron chi connectivity index (χ1n) is 4.17. The third kappa shape index (κ3) is 3.16. The highest BCUT2D eigenvalue weighted by molar-refractivity contribution is 7.39. The Morgan fingerprint density at radius 2 is 2.54 bits per heavy atom. The highest BCUT2D eigenvalue weighted by Gasteiger charge is 2.30. The maximum absolute atomic E-state index is 11.0. The Labute approximate surface area is 82.7 Å². The molecule has 1 aromatic rings. The lowest BCUT2D eigenvalue weighted by atomic mass is 10.4. The van der Waals surface area contributed by atoms with Crippen molar-refractivity contribution in [1.82, 2.24) is 5.32 Å². The minimum Gasteiger partial charge on any atom is -0.266 e. The van der Waals surface area contributed by atoms with Gasteiger partial charge in [-0.2, -0.15) is 4.89 Å². The second-order valence-electron chi connectivity index (χ2n) is 2.67. The smallest absolute Gasteiger partial charge is 0.266 e. The molecule has 13 heavy (non-hydrogen) atoms. The lowest BCUT2D eigenvalue weighted by molar-refractivity contribution is 0.475. The molecule has 1 rings (SSSR count). The minimum absolute atomic E-state index is 0.394. The van der Waals surface area contributed by atoms with Crippen molar-refractivity contribution in [3.05, 3.63) is 22.4 Å². The lowest BCUT2D eigenvalue weighted by Crippen LogP contribution is -2.18. The van der Waals surface area contributed by atoms with E-state index >= 15 is 0 Å². The summed E-state index contributed by atoms with van der Waals surface area (Å²) < 4.78 is 11.0. The van der Waals surface area contributed by atoms with Crippen LogP contribution >= 0.6 is 19.4 Å². The van der Waals surface area contributed by atoms with Crippen LogP contribution in [0.1, 0.15) is 24.0 Å². The van der Waals surface area contributed by atoms with Gasteiger partial charge in [0.2, 0.25) is 0 Å². The largest absolute Gasteiger partial charge is 0.530 e. The molecule has 0 aromatic carbocycles. The van der Waals surface area contributed by atoms with Crippen LogP contribution in [-0.4, -0.2) is 11.4 Å². The third-order valence-corrected chi connectivity index (χ3v) is 3.64. The normalized spacial score (nSPS) is 14.2. The van der Waals surface area contributed by atoms with Gasteiger partial charge in [-0.3, -0.25) is 5.32 Å². The van der Waals surface area contributed by atoms with Crippen molar-refractivity contribution in [1.29, 1.82) is 0 Å². The summed E-state index contributed by atoms with van der Waals surface area (Å²) in [4.78, 5) is 9.99. The lowest BCUT2D eigenvalue weighted by Gasteiger charge is -2.03. The van der Waals surface area contributed by atoms with Crippen LogP contribution in [0.5, 0.6) is 0 Å². The Kier molecular flexibility index (Phi) is 4.53. The highest BCUT2D eigenvalue weighted by Crippen LogP contribution is 2.37. The Bertz CT molecular complexity index is 263. The molecule has 0 aliphatic carbocycles. The molecule has 2 atom stereocenters. The molecular weight excluding hydrogens is 205 g/mol. The van der Waals surface area contributed by atoms with E-state index in [1.807, 2.05) is 24.4 Å². The van der Waals surface area contributed by atoms with Gasteiger partial charge in [0.25, 0.3) is 5.78 Å². The highest BCUT2D eigenvalue weighted by atomic mass is 32.1. The molecule has 2 unspecified atom stereocenters. The van der Waals surface area contributed by atoms with E-state index in [-0.39, 0.29) is 0 Å². The monoisotopic (exact) mass is 218 g/mol. The predicted octanol–water partition coefficient (Wildman–Crippen LogP) is 2.48. The maximum atomic E-state index is 11.0. The second-order valence-corrected chi connectivity index (χ2v) is 4.78. The zero-order valence-electron chi connectivity index (χ0n) is 7.43. The van der Waals surface area contributed by atoms with Gasteiger partial charge in [-0.1, -0.05) is 13.0 Å². The van der Waals surface area contributed by atoms with Gasteiger partial charge in [-0.05, 0) is 29.0 Å². The van der Waals surface area contributed by atoms with E-state index < -0.39 is 13.8 Å². The van der Waals surface area contributed by atoms with Crippen LogP contribution in [0.25, 0.3) is 0 Å². The van der Waals surface area contributed by atoms with Gasteiger partial charge in [0.15, 0.2) is 0 Å². The number of thiophene rings is 1. The molecule has 0 radical (unpaired) electrons. The van der Waals surface area contributed by atoms with Crippen molar-refractivity contribution in [3.8, 4) is 0 Å². The molecule has 72 valence electrons. The van der Waals surface area contributed by atoms with Gasteiger partial charge < -0.3 is 0 Å². The van der Waals surface area contributed by atoms with Crippen LogP contribution in [0, 0.1) is 0 Å². The van der Waals surface area contributed by atoms with E-state index in [0.717, 1.165) is 17.8 Å². The summed E-state index contributed by atoms with van der Waals surface area (Å²) in [5, 5.41) is 4.96. The van der Waals surface area contributed by atoms with Gasteiger partial charge in [-0.15, -0.1) is 11.3 Å². The standard InChI is InChI=1S/C8H12NO2PS/c1-2-5-9-8(12(10)11)7-4-3-6-13-7/h3-4,6,8-9H,2,5H2,1H3/p+1. The molecule has 0 fully saturated rings. The summed E-state index contributed by atoms with van der Waals surface area (Å²) in [5.74, 6) is -0.394. The molecule has 3 nitrogen and oxygen atoms in total. The van der Waals surface area contributed by atoms with Crippen molar-refractivity contribution in [2.45, 2.75) is 19.1 Å². The van der Waals surface area contributed by atoms with Crippen LogP contribution < -0.4 is 5.32 Å². The Balaban J connectivity index is 2.63. The van der Waals surface area contributed by atoms with E-state index in [0.29, 0.717) is 0 Å². The second kappa shape index (κ2) is 5.45. The van der Waals surface area contributed by atoms with E-state index in [9.17, 15) is 4.57 Å². The predicted molar refractivity (Wildman–Crippen MR) is 55.2 cm³/mol. The summed E-state index contributed by atoms with van der Waals surface area (Å²) >= 11 is 1.50. The van der Waals surface area contributed by atoms with Crippen molar-refractivity contribution in [2.75, 3.05) is 6.54 Å². The van der Waals surface area contributed by atoms with Crippen molar-refractivity contribution < 1.29 is 9.46 Å². The number of hydrogen-bond donors (Lipinski definition) is 2.